The molecule has 3 rings (SSSR count). The van der Waals surface area contributed by atoms with Crippen molar-refractivity contribution in [2.24, 2.45) is 0 Å². The van der Waals surface area contributed by atoms with Gasteiger partial charge in [-0.3, -0.25) is 10.1 Å². The lowest BCUT2D eigenvalue weighted by Gasteiger charge is -2.46. The van der Waals surface area contributed by atoms with Crippen molar-refractivity contribution >= 4 is 17.5 Å². The van der Waals surface area contributed by atoms with Crippen molar-refractivity contribution in [1.29, 1.82) is 5.26 Å². The largest absolute Gasteiger partial charge is 0.487 e. The quantitative estimate of drug-likeness (QED) is 0.593. The van der Waals surface area contributed by atoms with Gasteiger partial charge in [-0.05, 0) is 39.7 Å². The lowest BCUT2D eigenvalue weighted by atomic mass is 9.88. The number of anilines is 1. The van der Waals surface area contributed by atoms with Crippen LogP contribution in [0.25, 0.3) is 0 Å². The second kappa shape index (κ2) is 6.61. The van der Waals surface area contributed by atoms with E-state index in [9.17, 15) is 20.2 Å². The van der Waals surface area contributed by atoms with Gasteiger partial charge in [0, 0.05) is 12.6 Å². The van der Waals surface area contributed by atoms with Gasteiger partial charge in [0.05, 0.1) is 22.7 Å². The number of hydrogen-bond acceptors (Lipinski definition) is 7. The number of benzene rings is 1. The van der Waals surface area contributed by atoms with Gasteiger partial charge in [-0.15, -0.1) is 0 Å². The van der Waals surface area contributed by atoms with E-state index < -0.39 is 16.1 Å². The van der Waals surface area contributed by atoms with Crippen molar-refractivity contribution in [1.82, 2.24) is 4.90 Å². The second-order valence-electron chi connectivity index (χ2n) is 7.90. The molecule has 0 saturated carbocycles. The highest BCUT2D eigenvalue weighted by molar-refractivity contribution is 5.73. The van der Waals surface area contributed by atoms with E-state index in [0.717, 1.165) is 12.8 Å². The number of hydrogen-bond donors (Lipinski definition) is 1. The third-order valence-corrected chi connectivity index (χ3v) is 4.57. The molecule has 1 unspecified atom stereocenters. The molecule has 1 atom stereocenters. The Morgan fingerprint density at radius 3 is 2.85 bits per heavy atom. The Kier molecular flexibility index (Phi) is 4.59. The number of nitro groups is 1. The Balaban J connectivity index is 1.83. The van der Waals surface area contributed by atoms with Crippen LogP contribution in [0, 0.1) is 21.4 Å². The summed E-state index contributed by atoms with van der Waals surface area (Å²) in [7, 11) is 0. The number of nitrogens with one attached hydrogen (secondary N) is 1. The minimum absolute atomic E-state index is 0.0975. The summed E-state index contributed by atoms with van der Waals surface area (Å²) in [5.74, 6) is 0.187. The zero-order valence-corrected chi connectivity index (χ0v) is 15.6. The number of nitrogens with zero attached hydrogens (tertiary/aromatic N) is 3. The number of nitro benzene ring substituents is 1. The molecule has 1 saturated heterocycles. The molecule has 27 heavy (non-hydrogen) atoms. The van der Waals surface area contributed by atoms with Crippen LogP contribution in [0.15, 0.2) is 12.1 Å². The first-order valence-electron chi connectivity index (χ1n) is 8.74. The van der Waals surface area contributed by atoms with E-state index in [1.54, 1.807) is 11.0 Å². The van der Waals surface area contributed by atoms with Crippen LogP contribution in [0.4, 0.5) is 16.2 Å². The molecule has 1 N–H and O–H groups in total. The fourth-order valence-electron chi connectivity index (χ4n) is 3.45. The highest BCUT2D eigenvalue weighted by Crippen LogP contribution is 2.42. The first-order chi connectivity index (χ1) is 12.6. The number of carbonyl (C=O) groups excluding carboxylic acids is 1. The van der Waals surface area contributed by atoms with Crippen LogP contribution < -0.4 is 10.1 Å². The Morgan fingerprint density at radius 1 is 1.48 bits per heavy atom. The summed E-state index contributed by atoms with van der Waals surface area (Å²) in [5, 5.41) is 23.8. The Labute approximate surface area is 157 Å². The summed E-state index contributed by atoms with van der Waals surface area (Å²) >= 11 is 0. The molecule has 2 aliphatic rings. The molecule has 1 amide bonds. The van der Waals surface area contributed by atoms with Crippen LogP contribution in [-0.2, 0) is 4.74 Å². The van der Waals surface area contributed by atoms with Crippen LogP contribution >= 0.6 is 0 Å². The molecule has 0 aromatic heterocycles. The average Bonchev–Trinajstić information content (AvgIpc) is 2.59. The first-order valence-corrected chi connectivity index (χ1v) is 8.74. The van der Waals surface area contributed by atoms with Gasteiger partial charge in [0.25, 0.3) is 5.69 Å². The van der Waals surface area contributed by atoms with E-state index in [1.165, 1.54) is 6.07 Å². The number of nitriles is 1. The normalized spacial score (nSPS) is 21.5. The fourth-order valence-corrected chi connectivity index (χ4v) is 3.45. The van der Waals surface area contributed by atoms with Gasteiger partial charge in [0.2, 0.25) is 0 Å². The number of carbonyl (C=O) groups is 1. The molecule has 0 bridgehead atoms. The minimum atomic E-state index is -0.600. The molecule has 9 nitrogen and oxygen atoms in total. The van der Waals surface area contributed by atoms with Crippen LogP contribution in [0.2, 0.25) is 0 Å². The average molecular weight is 374 g/mol. The second-order valence-corrected chi connectivity index (χ2v) is 7.90. The van der Waals surface area contributed by atoms with E-state index in [0.29, 0.717) is 18.8 Å². The molecule has 1 aromatic carbocycles. The Bertz CT molecular complexity index is 826. The predicted octanol–water partition coefficient (Wildman–Crippen LogP) is 3.04. The minimum Gasteiger partial charge on any atom is -0.487 e. The van der Waals surface area contributed by atoms with Crippen LogP contribution in [0.1, 0.15) is 39.2 Å². The lowest BCUT2D eigenvalue weighted by molar-refractivity contribution is -0.385. The molecule has 1 fully saturated rings. The van der Waals surface area contributed by atoms with Crippen LogP contribution in [-0.4, -0.2) is 46.8 Å². The number of fused-ring (bicyclic) bond motifs is 1. The van der Waals surface area contributed by atoms with Crippen molar-refractivity contribution in [2.75, 3.05) is 25.0 Å². The number of piperidine rings is 1. The van der Waals surface area contributed by atoms with Gasteiger partial charge in [-0.1, -0.05) is 0 Å². The molecule has 2 heterocycles. The van der Waals surface area contributed by atoms with Crippen molar-refractivity contribution < 1.29 is 19.2 Å². The highest BCUT2D eigenvalue weighted by atomic mass is 16.6. The van der Waals surface area contributed by atoms with Gasteiger partial charge in [0.15, 0.2) is 11.3 Å². The van der Waals surface area contributed by atoms with Gasteiger partial charge >= 0.3 is 6.09 Å². The number of rotatable bonds is 1. The SMILES string of the molecule is CC(C)(C)OC(=O)N1CCCC2(COc3c(ccc([N+](=O)[O-])c3C#N)N2)C1. The topological polar surface area (TPSA) is 118 Å². The van der Waals surface area contributed by atoms with E-state index in [4.69, 9.17) is 9.47 Å². The third kappa shape index (κ3) is 3.74. The van der Waals surface area contributed by atoms with Crippen molar-refractivity contribution in [3.63, 3.8) is 0 Å². The standard InChI is InChI=1S/C18H22N4O5/c1-17(2,3)27-16(23)21-8-4-7-18(10-21)11-26-15-12(9-19)14(22(24)25)6-5-13(15)20-18/h5-6,20H,4,7-8,10-11H2,1-3H3. The summed E-state index contributed by atoms with van der Waals surface area (Å²) < 4.78 is 11.3. The smallest absolute Gasteiger partial charge is 0.410 e. The zero-order chi connectivity index (χ0) is 19.8. The zero-order valence-electron chi connectivity index (χ0n) is 15.6. The van der Waals surface area contributed by atoms with Gasteiger partial charge in [-0.25, -0.2) is 4.79 Å². The summed E-state index contributed by atoms with van der Waals surface area (Å²) in [4.78, 5) is 24.6. The van der Waals surface area contributed by atoms with Gasteiger partial charge in [-0.2, -0.15) is 5.26 Å². The van der Waals surface area contributed by atoms with Crippen molar-refractivity contribution in [2.45, 2.75) is 44.8 Å². The van der Waals surface area contributed by atoms with E-state index in [1.807, 2.05) is 26.8 Å². The predicted molar refractivity (Wildman–Crippen MR) is 96.7 cm³/mol. The van der Waals surface area contributed by atoms with Gasteiger partial charge in [0.1, 0.15) is 18.3 Å². The number of amides is 1. The monoisotopic (exact) mass is 374 g/mol. The molecule has 0 aliphatic carbocycles. The number of ether oxygens (including phenoxy) is 2. The maximum atomic E-state index is 12.4. The molecule has 9 heteroatoms. The maximum absolute atomic E-state index is 12.4. The molecule has 1 spiro atoms. The maximum Gasteiger partial charge on any atom is 0.410 e. The van der Waals surface area contributed by atoms with Crippen molar-refractivity contribution in [3.8, 4) is 11.8 Å². The summed E-state index contributed by atoms with van der Waals surface area (Å²) in [6.45, 7) is 6.64. The molecule has 2 aliphatic heterocycles. The third-order valence-electron chi connectivity index (χ3n) is 4.57. The molecule has 0 radical (unpaired) electrons. The Hall–Kier alpha value is -3.02. The van der Waals surface area contributed by atoms with Crippen LogP contribution in [0.3, 0.4) is 0 Å². The van der Waals surface area contributed by atoms with E-state index in [-0.39, 0.29) is 29.7 Å². The molecular weight excluding hydrogens is 352 g/mol. The molecule has 144 valence electrons. The van der Waals surface area contributed by atoms with Gasteiger partial charge < -0.3 is 19.7 Å². The lowest BCUT2D eigenvalue weighted by Crippen LogP contribution is -2.59. The fraction of sp³-hybridized carbons (Fsp3) is 0.556. The number of likely N-dealkylation sites (tertiary alicyclic amines) is 1. The molecule has 1 aromatic rings. The Morgan fingerprint density at radius 2 is 2.22 bits per heavy atom. The van der Waals surface area contributed by atoms with E-state index >= 15 is 0 Å². The van der Waals surface area contributed by atoms with E-state index in [2.05, 4.69) is 5.32 Å². The van der Waals surface area contributed by atoms with Crippen molar-refractivity contribution in [3.05, 3.63) is 27.8 Å². The first kappa shape index (κ1) is 18.8. The summed E-state index contributed by atoms with van der Waals surface area (Å²) in [6, 6.07) is 4.69. The molecular formula is C18H22N4O5. The highest BCUT2D eigenvalue weighted by Gasteiger charge is 2.43. The summed E-state index contributed by atoms with van der Waals surface area (Å²) in [6.07, 6.45) is 1.16. The van der Waals surface area contributed by atoms with Crippen LogP contribution in [0.5, 0.6) is 5.75 Å². The summed E-state index contributed by atoms with van der Waals surface area (Å²) in [5.41, 5.74) is -0.960.